The average Bonchev–Trinajstić information content (AvgIpc) is 3.04. The second kappa shape index (κ2) is 8.85. The van der Waals surface area contributed by atoms with Gasteiger partial charge in [0.05, 0.1) is 12.1 Å². The van der Waals surface area contributed by atoms with Gasteiger partial charge in [0, 0.05) is 37.3 Å². The van der Waals surface area contributed by atoms with Crippen LogP contribution in [0.25, 0.3) is 11.3 Å². The second-order valence-corrected chi connectivity index (χ2v) is 10.0. The number of halogens is 2. The Morgan fingerprint density at radius 3 is 2.67 bits per heavy atom. The van der Waals surface area contributed by atoms with Crippen LogP contribution in [0.3, 0.4) is 0 Å². The van der Waals surface area contributed by atoms with Gasteiger partial charge in [0.25, 0.3) is 5.91 Å². The molecule has 3 aliphatic rings. The Morgan fingerprint density at radius 2 is 2.00 bits per heavy atom. The van der Waals surface area contributed by atoms with Crippen LogP contribution in [0.5, 0.6) is 5.75 Å². The minimum absolute atomic E-state index is 0.0528. The standard InChI is InChI=1S/C26H28F2N4O4/c1-4-19(34)30-9-10-31-15(12-30)14-36-23-20(25(31)35)24(32-13-16(33)11-26(32,2)3)29-22(21(23)28)17-7-5-6-8-18(17)27/h4-8,15-16,33H,1,9-14H2,2-3H3/t15-,16+/m1/s1. The Morgan fingerprint density at radius 1 is 1.25 bits per heavy atom. The van der Waals surface area contributed by atoms with E-state index in [0.717, 1.165) is 0 Å². The fourth-order valence-electron chi connectivity index (χ4n) is 5.39. The zero-order valence-electron chi connectivity index (χ0n) is 20.2. The van der Waals surface area contributed by atoms with Crippen molar-refractivity contribution >= 4 is 17.6 Å². The lowest BCUT2D eigenvalue weighted by molar-refractivity contribution is -0.128. The number of hydrogen-bond donors (Lipinski definition) is 1. The molecule has 10 heteroatoms. The number of fused-ring (bicyclic) bond motifs is 2. The lowest BCUT2D eigenvalue weighted by atomic mass is 10.00. The molecule has 2 saturated heterocycles. The number of pyridine rings is 1. The maximum atomic E-state index is 16.0. The number of amides is 2. The molecule has 0 spiro atoms. The highest BCUT2D eigenvalue weighted by atomic mass is 19.1. The Kier molecular flexibility index (Phi) is 5.94. The Hall–Kier alpha value is -3.53. The number of carbonyl (C=O) groups is 2. The predicted molar refractivity (Wildman–Crippen MR) is 129 cm³/mol. The van der Waals surface area contributed by atoms with Gasteiger partial charge >= 0.3 is 0 Å². The molecule has 8 nitrogen and oxygen atoms in total. The first kappa shape index (κ1) is 24.2. The Balaban J connectivity index is 1.68. The van der Waals surface area contributed by atoms with Crippen molar-refractivity contribution in [1.82, 2.24) is 14.8 Å². The molecule has 2 fully saturated rings. The summed E-state index contributed by atoms with van der Waals surface area (Å²) >= 11 is 0. The van der Waals surface area contributed by atoms with Gasteiger partial charge in [-0.25, -0.2) is 13.8 Å². The van der Waals surface area contributed by atoms with Gasteiger partial charge in [0.15, 0.2) is 11.6 Å². The van der Waals surface area contributed by atoms with Crippen LogP contribution in [0, 0.1) is 11.6 Å². The number of aromatic nitrogens is 1. The third-order valence-electron chi connectivity index (χ3n) is 7.18. The van der Waals surface area contributed by atoms with Crippen LogP contribution in [0.1, 0.15) is 30.6 Å². The lowest BCUT2D eigenvalue weighted by Gasteiger charge is -2.40. The van der Waals surface area contributed by atoms with E-state index in [0.29, 0.717) is 13.0 Å². The number of anilines is 1. The number of β-amino-alcohol motifs (C(OH)–C–C–N with tert-alkyl or cyclic N) is 1. The van der Waals surface area contributed by atoms with Crippen LogP contribution >= 0.6 is 0 Å². The average molecular weight is 499 g/mol. The molecule has 3 aliphatic heterocycles. The molecule has 0 aliphatic carbocycles. The van der Waals surface area contributed by atoms with E-state index in [1.54, 1.807) is 20.8 Å². The normalized spacial score (nSPS) is 23.0. The summed E-state index contributed by atoms with van der Waals surface area (Å²) in [5.41, 5.74) is -0.987. The largest absolute Gasteiger partial charge is 0.487 e. The highest BCUT2D eigenvalue weighted by Crippen LogP contribution is 2.43. The van der Waals surface area contributed by atoms with Crippen LogP contribution in [0.2, 0.25) is 0 Å². The molecule has 0 bridgehead atoms. The van der Waals surface area contributed by atoms with Gasteiger partial charge in [-0.15, -0.1) is 0 Å². The number of nitrogens with zero attached hydrogens (tertiary/aromatic N) is 4. The Bertz CT molecular complexity index is 1250. The van der Waals surface area contributed by atoms with Crippen molar-refractivity contribution in [1.29, 1.82) is 0 Å². The maximum absolute atomic E-state index is 16.0. The smallest absolute Gasteiger partial charge is 0.262 e. The number of hydrogen-bond acceptors (Lipinski definition) is 6. The summed E-state index contributed by atoms with van der Waals surface area (Å²) in [6.07, 6.45) is 0.949. The van der Waals surface area contributed by atoms with Crippen LogP contribution in [0.4, 0.5) is 14.6 Å². The maximum Gasteiger partial charge on any atom is 0.262 e. The molecular formula is C26H28F2N4O4. The molecule has 1 aromatic carbocycles. The van der Waals surface area contributed by atoms with Gasteiger partial charge in [-0.1, -0.05) is 18.7 Å². The van der Waals surface area contributed by atoms with Gasteiger partial charge in [-0.05, 0) is 38.5 Å². The Labute approximate surface area is 207 Å². The van der Waals surface area contributed by atoms with Crippen molar-refractivity contribution in [3.63, 3.8) is 0 Å². The van der Waals surface area contributed by atoms with Crippen LogP contribution in [-0.4, -0.2) is 82.2 Å². The van der Waals surface area contributed by atoms with Gasteiger partial charge < -0.3 is 24.5 Å². The third-order valence-corrected chi connectivity index (χ3v) is 7.18. The van der Waals surface area contributed by atoms with E-state index >= 15 is 4.39 Å². The number of carbonyl (C=O) groups excluding carboxylic acids is 2. The zero-order chi connectivity index (χ0) is 25.8. The SMILES string of the molecule is C=CC(=O)N1CCN2C(=O)c3c(N4C[C@@H](O)CC4(C)C)nc(-c4ccccc4F)c(F)c3OC[C@H]2C1. The molecule has 2 atom stereocenters. The highest BCUT2D eigenvalue weighted by Gasteiger charge is 2.45. The van der Waals surface area contributed by atoms with Crippen molar-refractivity contribution in [2.24, 2.45) is 0 Å². The monoisotopic (exact) mass is 498 g/mol. The second-order valence-electron chi connectivity index (χ2n) is 10.0. The first-order chi connectivity index (χ1) is 17.1. The topological polar surface area (TPSA) is 86.2 Å². The van der Waals surface area contributed by atoms with Crippen LogP contribution in [0.15, 0.2) is 36.9 Å². The van der Waals surface area contributed by atoms with E-state index in [-0.39, 0.29) is 60.5 Å². The number of ether oxygens (including phenoxy) is 1. The summed E-state index contributed by atoms with van der Waals surface area (Å²) in [6.45, 7) is 8.18. The minimum Gasteiger partial charge on any atom is -0.487 e. The van der Waals surface area contributed by atoms with Crippen molar-refractivity contribution < 1.29 is 28.2 Å². The van der Waals surface area contributed by atoms with Gasteiger partial charge in [0.1, 0.15) is 29.5 Å². The molecule has 2 amide bonds. The molecule has 1 N–H and O–H groups in total. The van der Waals surface area contributed by atoms with Gasteiger partial charge in [-0.3, -0.25) is 9.59 Å². The summed E-state index contributed by atoms with van der Waals surface area (Å²) in [5, 5.41) is 10.4. The van der Waals surface area contributed by atoms with Crippen molar-refractivity contribution in [2.45, 2.75) is 38.0 Å². The minimum atomic E-state index is -0.927. The molecule has 1 aromatic heterocycles. The molecule has 0 unspecified atom stereocenters. The molecule has 36 heavy (non-hydrogen) atoms. The predicted octanol–water partition coefficient (Wildman–Crippen LogP) is 2.61. The summed E-state index contributed by atoms with van der Waals surface area (Å²) in [5.74, 6) is -2.48. The van der Waals surface area contributed by atoms with Crippen molar-refractivity contribution in [3.8, 4) is 17.0 Å². The summed E-state index contributed by atoms with van der Waals surface area (Å²) < 4.78 is 36.6. The summed E-state index contributed by atoms with van der Waals surface area (Å²) in [7, 11) is 0. The number of aliphatic hydroxyl groups is 1. The first-order valence-electron chi connectivity index (χ1n) is 11.9. The van der Waals surface area contributed by atoms with E-state index in [1.165, 1.54) is 24.3 Å². The number of aliphatic hydroxyl groups excluding tert-OH is 1. The van der Waals surface area contributed by atoms with E-state index in [2.05, 4.69) is 11.6 Å². The first-order valence-corrected chi connectivity index (χ1v) is 11.9. The van der Waals surface area contributed by atoms with Gasteiger partial charge in [-0.2, -0.15) is 0 Å². The molecule has 0 saturated carbocycles. The molecule has 0 radical (unpaired) electrons. The number of rotatable bonds is 3. The van der Waals surface area contributed by atoms with E-state index in [4.69, 9.17) is 4.74 Å². The quantitative estimate of drug-likeness (QED) is 0.655. The van der Waals surface area contributed by atoms with E-state index in [9.17, 15) is 19.1 Å². The molecule has 5 rings (SSSR count). The summed E-state index contributed by atoms with van der Waals surface area (Å²) in [4.78, 5) is 35.5. The van der Waals surface area contributed by atoms with E-state index in [1.807, 2.05) is 13.8 Å². The zero-order valence-corrected chi connectivity index (χ0v) is 20.2. The van der Waals surface area contributed by atoms with E-state index < -0.39 is 35.2 Å². The summed E-state index contributed by atoms with van der Waals surface area (Å²) in [6, 6.07) is 5.19. The molecule has 2 aromatic rings. The number of piperazine rings is 1. The fraction of sp³-hybridized carbons (Fsp3) is 0.423. The van der Waals surface area contributed by atoms with Crippen LogP contribution < -0.4 is 9.64 Å². The van der Waals surface area contributed by atoms with Gasteiger partial charge in [0.2, 0.25) is 5.91 Å². The molecule has 190 valence electrons. The number of benzene rings is 1. The van der Waals surface area contributed by atoms with Crippen molar-refractivity contribution in [3.05, 3.63) is 54.1 Å². The third kappa shape index (κ3) is 3.89. The fourth-order valence-corrected chi connectivity index (χ4v) is 5.39. The lowest BCUT2D eigenvalue weighted by Crippen LogP contribution is -2.57. The van der Waals surface area contributed by atoms with Crippen molar-refractivity contribution in [2.75, 3.05) is 37.7 Å². The highest BCUT2D eigenvalue weighted by molar-refractivity contribution is 6.03. The van der Waals surface area contributed by atoms with Crippen LogP contribution in [-0.2, 0) is 4.79 Å². The molecular weight excluding hydrogens is 470 g/mol. The molecule has 4 heterocycles.